The van der Waals surface area contributed by atoms with Gasteiger partial charge in [-0.25, -0.2) is 0 Å². The van der Waals surface area contributed by atoms with Crippen LogP contribution in [-0.4, -0.2) is 5.05 Å². The summed E-state index contributed by atoms with van der Waals surface area (Å²) in [5.74, 6) is 0.684. The van der Waals surface area contributed by atoms with Crippen molar-refractivity contribution in [1.29, 1.82) is 0 Å². The quantitative estimate of drug-likeness (QED) is 0.697. The van der Waals surface area contributed by atoms with Gasteiger partial charge in [0.15, 0.2) is 5.05 Å². The minimum atomic E-state index is 0.595. The predicted molar refractivity (Wildman–Crippen MR) is 67.9 cm³/mol. The Kier molecular flexibility index (Phi) is 5.33. The molecule has 82 valence electrons. The van der Waals surface area contributed by atoms with Crippen molar-refractivity contribution in [1.82, 2.24) is 0 Å². The molecule has 0 saturated heterocycles. The Hall–Kier alpha value is -0.890. The van der Waals surface area contributed by atoms with E-state index in [0.29, 0.717) is 12.5 Å². The van der Waals surface area contributed by atoms with E-state index < -0.39 is 0 Å². The van der Waals surface area contributed by atoms with Crippen molar-refractivity contribution in [3.05, 3.63) is 35.9 Å². The van der Waals surface area contributed by atoms with Crippen LogP contribution in [0.2, 0.25) is 0 Å². The summed E-state index contributed by atoms with van der Waals surface area (Å²) in [6, 6.07) is 10.1. The second kappa shape index (κ2) is 6.57. The Bertz CT molecular complexity index is 293. The SMILES string of the molecule is CC(C)CCC(=S)OCc1ccccc1. The molecule has 1 aromatic carbocycles. The van der Waals surface area contributed by atoms with Gasteiger partial charge in [-0.2, -0.15) is 0 Å². The van der Waals surface area contributed by atoms with Gasteiger partial charge in [-0.15, -0.1) is 0 Å². The first-order valence-corrected chi connectivity index (χ1v) is 5.79. The maximum atomic E-state index is 5.51. The number of ether oxygens (including phenoxy) is 1. The van der Waals surface area contributed by atoms with E-state index in [0.717, 1.165) is 17.9 Å². The fourth-order valence-electron chi connectivity index (χ4n) is 1.22. The van der Waals surface area contributed by atoms with Gasteiger partial charge in [-0.1, -0.05) is 44.2 Å². The molecule has 2 heteroatoms. The average molecular weight is 222 g/mol. The maximum absolute atomic E-state index is 5.51. The summed E-state index contributed by atoms with van der Waals surface area (Å²) in [7, 11) is 0. The second-order valence-corrected chi connectivity index (χ2v) is 4.53. The van der Waals surface area contributed by atoms with Crippen LogP contribution in [0.25, 0.3) is 0 Å². The molecule has 0 aliphatic rings. The van der Waals surface area contributed by atoms with E-state index in [9.17, 15) is 0 Å². The normalized spacial score (nSPS) is 10.3. The van der Waals surface area contributed by atoms with Crippen LogP contribution in [0.5, 0.6) is 0 Å². The molecule has 0 saturated carbocycles. The first-order chi connectivity index (χ1) is 7.18. The molecule has 0 N–H and O–H groups in total. The molecule has 0 spiro atoms. The second-order valence-electron chi connectivity index (χ2n) is 4.08. The highest BCUT2D eigenvalue weighted by molar-refractivity contribution is 7.80. The topological polar surface area (TPSA) is 9.23 Å². The van der Waals surface area contributed by atoms with Crippen LogP contribution in [0.1, 0.15) is 32.3 Å². The molecule has 0 aromatic heterocycles. The Balaban J connectivity index is 2.23. The number of thiocarbonyl (C=S) groups is 1. The smallest absolute Gasteiger partial charge is 0.160 e. The van der Waals surface area contributed by atoms with Crippen LogP contribution in [0, 0.1) is 5.92 Å². The monoisotopic (exact) mass is 222 g/mol. The van der Waals surface area contributed by atoms with E-state index in [2.05, 4.69) is 13.8 Å². The van der Waals surface area contributed by atoms with Gasteiger partial charge in [0.05, 0.1) is 0 Å². The fraction of sp³-hybridized carbons (Fsp3) is 0.462. The van der Waals surface area contributed by atoms with Crippen LogP contribution >= 0.6 is 12.2 Å². The van der Waals surface area contributed by atoms with E-state index in [-0.39, 0.29) is 0 Å². The van der Waals surface area contributed by atoms with Crippen molar-refractivity contribution in [3.8, 4) is 0 Å². The highest BCUT2D eigenvalue weighted by atomic mass is 32.1. The summed E-state index contributed by atoms with van der Waals surface area (Å²) in [5.41, 5.74) is 1.17. The lowest BCUT2D eigenvalue weighted by molar-refractivity contribution is 0.289. The third-order valence-electron chi connectivity index (χ3n) is 2.17. The van der Waals surface area contributed by atoms with Gasteiger partial charge < -0.3 is 4.74 Å². The molecule has 1 rings (SSSR count). The van der Waals surface area contributed by atoms with E-state index in [4.69, 9.17) is 17.0 Å². The highest BCUT2D eigenvalue weighted by Crippen LogP contribution is 2.08. The molecule has 0 aliphatic carbocycles. The zero-order valence-electron chi connectivity index (χ0n) is 9.40. The number of benzene rings is 1. The van der Waals surface area contributed by atoms with Gasteiger partial charge in [-0.3, -0.25) is 0 Å². The van der Waals surface area contributed by atoms with Crippen LogP contribution in [0.15, 0.2) is 30.3 Å². The lowest BCUT2D eigenvalue weighted by atomic mass is 10.1. The summed E-state index contributed by atoms with van der Waals surface area (Å²) in [5, 5.41) is 0.729. The lowest BCUT2D eigenvalue weighted by Crippen LogP contribution is -2.03. The van der Waals surface area contributed by atoms with Gasteiger partial charge in [0.2, 0.25) is 0 Å². The van der Waals surface area contributed by atoms with E-state index in [1.165, 1.54) is 5.56 Å². The van der Waals surface area contributed by atoms with Gasteiger partial charge in [0.25, 0.3) is 0 Å². The molecule has 0 atom stereocenters. The van der Waals surface area contributed by atoms with E-state index >= 15 is 0 Å². The molecule has 0 radical (unpaired) electrons. The van der Waals surface area contributed by atoms with Crippen molar-refractivity contribution in [2.75, 3.05) is 0 Å². The van der Waals surface area contributed by atoms with E-state index in [1.54, 1.807) is 0 Å². The molecule has 0 amide bonds. The molecule has 1 nitrogen and oxygen atoms in total. The van der Waals surface area contributed by atoms with Crippen molar-refractivity contribution in [2.24, 2.45) is 5.92 Å². The summed E-state index contributed by atoms with van der Waals surface area (Å²) in [6.07, 6.45) is 1.99. The third-order valence-corrected chi connectivity index (χ3v) is 2.49. The maximum Gasteiger partial charge on any atom is 0.160 e. The minimum absolute atomic E-state index is 0.595. The summed E-state index contributed by atoms with van der Waals surface area (Å²) in [6.45, 7) is 4.98. The lowest BCUT2D eigenvalue weighted by Gasteiger charge is -2.08. The van der Waals surface area contributed by atoms with Crippen molar-refractivity contribution < 1.29 is 4.74 Å². The number of hydrogen-bond donors (Lipinski definition) is 0. The predicted octanol–water partition coefficient (Wildman–Crippen LogP) is 3.97. The number of hydrogen-bond acceptors (Lipinski definition) is 2. The molecule has 0 bridgehead atoms. The average Bonchev–Trinajstić information content (AvgIpc) is 2.25. The number of rotatable bonds is 5. The Morgan fingerprint density at radius 2 is 1.93 bits per heavy atom. The highest BCUT2D eigenvalue weighted by Gasteiger charge is 2.01. The zero-order chi connectivity index (χ0) is 11.1. The summed E-state index contributed by atoms with van der Waals surface area (Å²) < 4.78 is 5.51. The molecule has 0 fully saturated rings. The Labute approximate surface area is 97.5 Å². The molecule has 15 heavy (non-hydrogen) atoms. The van der Waals surface area contributed by atoms with E-state index in [1.807, 2.05) is 30.3 Å². The Morgan fingerprint density at radius 1 is 1.27 bits per heavy atom. The molecule has 0 aliphatic heterocycles. The van der Waals surface area contributed by atoms with Crippen molar-refractivity contribution in [3.63, 3.8) is 0 Å². The molecule has 0 heterocycles. The van der Waals surface area contributed by atoms with Crippen LogP contribution < -0.4 is 0 Å². The Morgan fingerprint density at radius 3 is 2.53 bits per heavy atom. The van der Waals surface area contributed by atoms with Gasteiger partial charge >= 0.3 is 0 Å². The molecular formula is C13H18OS. The zero-order valence-corrected chi connectivity index (χ0v) is 10.2. The first-order valence-electron chi connectivity index (χ1n) is 5.38. The molecule has 1 aromatic rings. The largest absolute Gasteiger partial charge is 0.482 e. The third kappa shape index (κ3) is 5.53. The summed E-state index contributed by atoms with van der Waals surface area (Å²) in [4.78, 5) is 0. The molecular weight excluding hydrogens is 204 g/mol. The first kappa shape index (κ1) is 12.2. The van der Waals surface area contributed by atoms with Gasteiger partial charge in [-0.05, 0) is 30.1 Å². The summed E-state index contributed by atoms with van der Waals surface area (Å²) >= 11 is 5.15. The fourth-order valence-corrected chi connectivity index (χ4v) is 1.39. The van der Waals surface area contributed by atoms with Gasteiger partial charge in [0.1, 0.15) is 6.61 Å². The van der Waals surface area contributed by atoms with Crippen molar-refractivity contribution >= 4 is 17.3 Å². The minimum Gasteiger partial charge on any atom is -0.482 e. The van der Waals surface area contributed by atoms with Crippen molar-refractivity contribution in [2.45, 2.75) is 33.3 Å². The molecule has 0 unspecified atom stereocenters. The standard InChI is InChI=1S/C13H18OS/c1-11(2)8-9-13(15)14-10-12-6-4-3-5-7-12/h3-7,11H,8-10H2,1-2H3. The van der Waals surface area contributed by atoms with Crippen LogP contribution in [0.3, 0.4) is 0 Å². The van der Waals surface area contributed by atoms with Crippen LogP contribution in [-0.2, 0) is 11.3 Å². The van der Waals surface area contributed by atoms with Gasteiger partial charge in [0, 0.05) is 6.42 Å². The van der Waals surface area contributed by atoms with Crippen LogP contribution in [0.4, 0.5) is 0 Å².